The fourth-order valence-corrected chi connectivity index (χ4v) is 3.19. The van der Waals surface area contributed by atoms with Crippen LogP contribution in [0, 0.1) is 12.7 Å². The quantitative estimate of drug-likeness (QED) is 0.796. The molecule has 7 heteroatoms. The van der Waals surface area contributed by atoms with Gasteiger partial charge in [-0.05, 0) is 42.7 Å². The van der Waals surface area contributed by atoms with Crippen molar-refractivity contribution in [1.29, 1.82) is 0 Å². The van der Waals surface area contributed by atoms with Crippen LogP contribution in [0.2, 0.25) is 0 Å². The number of imide groups is 1. The molecule has 0 unspecified atom stereocenters. The first-order chi connectivity index (χ1) is 12.9. The maximum absolute atomic E-state index is 13.2. The predicted octanol–water partition coefficient (Wildman–Crippen LogP) is 2.93. The van der Waals surface area contributed by atoms with Crippen molar-refractivity contribution < 1.29 is 18.8 Å². The Morgan fingerprint density at radius 1 is 1.15 bits per heavy atom. The predicted molar refractivity (Wildman–Crippen MR) is 98.4 cm³/mol. The van der Waals surface area contributed by atoms with Crippen LogP contribution < -0.4 is 10.6 Å². The summed E-state index contributed by atoms with van der Waals surface area (Å²) in [5, 5.41) is 5.38. The van der Waals surface area contributed by atoms with Crippen LogP contribution in [0.25, 0.3) is 0 Å². The Balaban J connectivity index is 1.80. The first-order valence-electron chi connectivity index (χ1n) is 8.63. The molecule has 0 aromatic heterocycles. The molecule has 0 aliphatic carbocycles. The maximum atomic E-state index is 13.2. The average Bonchev–Trinajstić information content (AvgIpc) is 2.89. The molecule has 2 N–H and O–H groups in total. The molecule has 2 aromatic carbocycles. The molecule has 0 bridgehead atoms. The molecule has 1 fully saturated rings. The number of benzene rings is 2. The minimum Gasteiger partial charge on any atom is -0.324 e. The van der Waals surface area contributed by atoms with Crippen molar-refractivity contribution in [1.82, 2.24) is 10.2 Å². The second-order valence-electron chi connectivity index (χ2n) is 6.45. The number of carbonyl (C=O) groups is 3. The zero-order valence-corrected chi connectivity index (χ0v) is 15.1. The second-order valence-corrected chi connectivity index (χ2v) is 6.45. The number of nitrogens with one attached hydrogen (secondary N) is 2. The van der Waals surface area contributed by atoms with E-state index in [4.69, 9.17) is 0 Å². The standard InChI is InChI=1S/C20H20FN3O3/c1-3-20(14-8-10-15(21)11-9-14)18(26)24(19(27)23-20)12-17(25)22-16-7-5-4-6-13(16)2/h4-11H,3,12H2,1-2H3,(H,22,25)(H,23,27)/t20-/m0/s1. The van der Waals surface area contributed by atoms with Crippen molar-refractivity contribution in [3.63, 3.8) is 0 Å². The molecule has 1 saturated heterocycles. The molecule has 27 heavy (non-hydrogen) atoms. The van der Waals surface area contributed by atoms with E-state index in [2.05, 4.69) is 10.6 Å². The molecular weight excluding hydrogens is 349 g/mol. The number of urea groups is 1. The van der Waals surface area contributed by atoms with Gasteiger partial charge in [-0.15, -0.1) is 0 Å². The number of nitrogens with zero attached hydrogens (tertiary/aromatic N) is 1. The van der Waals surface area contributed by atoms with Gasteiger partial charge in [0.15, 0.2) is 0 Å². The summed E-state index contributed by atoms with van der Waals surface area (Å²) in [6.07, 6.45) is 0.277. The number of rotatable bonds is 5. The lowest BCUT2D eigenvalue weighted by molar-refractivity contribution is -0.134. The van der Waals surface area contributed by atoms with Gasteiger partial charge in [0.05, 0.1) is 0 Å². The Labute approximate surface area is 156 Å². The van der Waals surface area contributed by atoms with Crippen LogP contribution in [0.15, 0.2) is 48.5 Å². The highest BCUT2D eigenvalue weighted by molar-refractivity contribution is 6.10. The number of para-hydroxylation sites is 1. The molecule has 1 heterocycles. The van der Waals surface area contributed by atoms with Crippen LogP contribution in [-0.2, 0) is 15.1 Å². The van der Waals surface area contributed by atoms with Crippen LogP contribution in [0.5, 0.6) is 0 Å². The van der Waals surface area contributed by atoms with Crippen molar-refractivity contribution in [2.75, 3.05) is 11.9 Å². The van der Waals surface area contributed by atoms with E-state index in [1.165, 1.54) is 24.3 Å². The lowest BCUT2D eigenvalue weighted by Gasteiger charge is -2.25. The van der Waals surface area contributed by atoms with Gasteiger partial charge in [0, 0.05) is 5.69 Å². The number of amides is 4. The Hall–Kier alpha value is -3.22. The van der Waals surface area contributed by atoms with Crippen molar-refractivity contribution in [2.45, 2.75) is 25.8 Å². The van der Waals surface area contributed by atoms with E-state index in [0.29, 0.717) is 11.3 Å². The van der Waals surface area contributed by atoms with Crippen molar-refractivity contribution in [3.05, 3.63) is 65.5 Å². The molecule has 140 valence electrons. The van der Waals surface area contributed by atoms with Crippen LogP contribution in [-0.4, -0.2) is 29.3 Å². The van der Waals surface area contributed by atoms with Gasteiger partial charge in [-0.2, -0.15) is 0 Å². The van der Waals surface area contributed by atoms with Gasteiger partial charge in [-0.1, -0.05) is 37.3 Å². The largest absolute Gasteiger partial charge is 0.325 e. The number of hydrogen-bond acceptors (Lipinski definition) is 3. The number of anilines is 1. The van der Waals surface area contributed by atoms with Gasteiger partial charge in [0.2, 0.25) is 5.91 Å². The first kappa shape index (κ1) is 18.6. The van der Waals surface area contributed by atoms with Gasteiger partial charge in [-0.25, -0.2) is 9.18 Å². The summed E-state index contributed by atoms with van der Waals surface area (Å²) < 4.78 is 13.2. The van der Waals surface area contributed by atoms with Gasteiger partial charge in [0.25, 0.3) is 5.91 Å². The third-order valence-electron chi connectivity index (χ3n) is 4.76. The smallest absolute Gasteiger partial charge is 0.324 e. The fraction of sp³-hybridized carbons (Fsp3) is 0.250. The van der Waals surface area contributed by atoms with E-state index in [1.807, 2.05) is 19.1 Å². The van der Waals surface area contributed by atoms with E-state index >= 15 is 0 Å². The van der Waals surface area contributed by atoms with Crippen LogP contribution in [0.4, 0.5) is 14.9 Å². The third-order valence-corrected chi connectivity index (χ3v) is 4.76. The average molecular weight is 369 g/mol. The Bertz CT molecular complexity index is 898. The summed E-state index contributed by atoms with van der Waals surface area (Å²) in [7, 11) is 0. The highest BCUT2D eigenvalue weighted by Crippen LogP contribution is 2.32. The molecular formula is C20H20FN3O3. The Morgan fingerprint density at radius 2 is 1.81 bits per heavy atom. The third kappa shape index (κ3) is 3.40. The molecule has 0 spiro atoms. The zero-order chi connectivity index (χ0) is 19.6. The van der Waals surface area contributed by atoms with E-state index < -0.39 is 35.7 Å². The number of aryl methyl sites for hydroxylation is 1. The lowest BCUT2D eigenvalue weighted by Crippen LogP contribution is -2.44. The summed E-state index contributed by atoms with van der Waals surface area (Å²) in [4.78, 5) is 38.6. The highest BCUT2D eigenvalue weighted by Gasteiger charge is 2.51. The van der Waals surface area contributed by atoms with E-state index in [0.717, 1.165) is 10.5 Å². The SMILES string of the molecule is CC[C@@]1(c2ccc(F)cc2)NC(=O)N(CC(=O)Nc2ccccc2C)C1=O. The molecule has 3 rings (SSSR count). The fourth-order valence-electron chi connectivity index (χ4n) is 3.19. The summed E-state index contributed by atoms with van der Waals surface area (Å²) in [6.45, 7) is 3.19. The molecule has 4 amide bonds. The topological polar surface area (TPSA) is 78.5 Å². The highest BCUT2D eigenvalue weighted by atomic mass is 19.1. The summed E-state index contributed by atoms with van der Waals surface area (Å²) in [5.74, 6) is -1.43. The maximum Gasteiger partial charge on any atom is 0.325 e. The minimum absolute atomic E-state index is 0.277. The lowest BCUT2D eigenvalue weighted by atomic mass is 9.87. The summed E-state index contributed by atoms with van der Waals surface area (Å²) >= 11 is 0. The van der Waals surface area contributed by atoms with Crippen LogP contribution in [0.3, 0.4) is 0 Å². The van der Waals surface area contributed by atoms with Crippen molar-refractivity contribution in [3.8, 4) is 0 Å². The van der Waals surface area contributed by atoms with E-state index in [1.54, 1.807) is 19.1 Å². The second kappa shape index (κ2) is 7.19. The zero-order valence-electron chi connectivity index (χ0n) is 15.1. The molecule has 1 aliphatic heterocycles. The van der Waals surface area contributed by atoms with E-state index in [9.17, 15) is 18.8 Å². The van der Waals surface area contributed by atoms with Crippen LogP contribution in [0.1, 0.15) is 24.5 Å². The monoisotopic (exact) mass is 369 g/mol. The van der Waals surface area contributed by atoms with Gasteiger partial charge in [-0.3, -0.25) is 14.5 Å². The minimum atomic E-state index is -1.30. The van der Waals surface area contributed by atoms with Gasteiger partial charge in [0.1, 0.15) is 17.9 Å². The van der Waals surface area contributed by atoms with Gasteiger partial charge >= 0.3 is 6.03 Å². The van der Waals surface area contributed by atoms with Crippen LogP contribution >= 0.6 is 0 Å². The van der Waals surface area contributed by atoms with Gasteiger partial charge < -0.3 is 10.6 Å². The Morgan fingerprint density at radius 3 is 2.44 bits per heavy atom. The number of hydrogen-bond donors (Lipinski definition) is 2. The Kier molecular flexibility index (Phi) is 4.94. The molecule has 1 atom stereocenters. The van der Waals surface area contributed by atoms with E-state index in [-0.39, 0.29) is 6.42 Å². The molecule has 6 nitrogen and oxygen atoms in total. The van der Waals surface area contributed by atoms with Crippen molar-refractivity contribution in [2.24, 2.45) is 0 Å². The molecule has 1 aliphatic rings. The number of carbonyl (C=O) groups excluding carboxylic acids is 3. The summed E-state index contributed by atoms with van der Waals surface area (Å²) in [5.41, 5.74) is 0.673. The molecule has 2 aromatic rings. The first-order valence-corrected chi connectivity index (χ1v) is 8.63. The molecule has 0 saturated carbocycles. The summed E-state index contributed by atoms with van der Waals surface area (Å²) in [6, 6.07) is 12.0. The molecule has 0 radical (unpaired) electrons. The van der Waals surface area contributed by atoms with Crippen molar-refractivity contribution >= 4 is 23.5 Å². The number of halogens is 1. The normalized spacial score (nSPS) is 19.1.